The number of rotatable bonds is 2. The quantitative estimate of drug-likeness (QED) is 0.911. The Hall–Kier alpha value is -2.00. The Morgan fingerprint density at radius 2 is 1.60 bits per heavy atom. The number of hydrogen-bond acceptors (Lipinski definition) is 3. The Morgan fingerprint density at radius 3 is 2.35 bits per heavy atom. The summed E-state index contributed by atoms with van der Waals surface area (Å²) < 4.78 is 11.4. The minimum atomic E-state index is -0.550. The summed E-state index contributed by atoms with van der Waals surface area (Å²) in [5.74, 6) is 1.59. The molecule has 0 radical (unpaired) electrons. The zero-order valence-corrected chi connectivity index (χ0v) is 11.6. The molecule has 104 valence electrons. The van der Waals surface area contributed by atoms with Gasteiger partial charge in [-0.2, -0.15) is 0 Å². The summed E-state index contributed by atoms with van der Waals surface area (Å²) in [5.41, 5.74) is 8.09. The van der Waals surface area contributed by atoms with Gasteiger partial charge < -0.3 is 15.2 Å². The molecule has 20 heavy (non-hydrogen) atoms. The average Bonchev–Trinajstić information content (AvgIpc) is 2.72. The van der Waals surface area contributed by atoms with Gasteiger partial charge in [0.1, 0.15) is 0 Å². The Morgan fingerprint density at radius 1 is 0.900 bits per heavy atom. The molecule has 3 rings (SSSR count). The molecule has 0 bridgehead atoms. The fraction of sp³-hybridized carbons (Fsp3) is 0.294. The van der Waals surface area contributed by atoms with Crippen molar-refractivity contribution in [2.75, 3.05) is 13.2 Å². The van der Waals surface area contributed by atoms with Crippen LogP contribution in [0.1, 0.15) is 24.5 Å². The van der Waals surface area contributed by atoms with E-state index in [9.17, 15) is 0 Å². The highest BCUT2D eigenvalue weighted by Crippen LogP contribution is 2.35. The van der Waals surface area contributed by atoms with E-state index in [0.717, 1.165) is 29.0 Å². The van der Waals surface area contributed by atoms with E-state index in [-0.39, 0.29) is 0 Å². The summed E-state index contributed by atoms with van der Waals surface area (Å²) in [6.07, 6.45) is 0.905. The van der Waals surface area contributed by atoms with Crippen molar-refractivity contribution in [2.45, 2.75) is 18.9 Å². The van der Waals surface area contributed by atoms with Gasteiger partial charge in [-0.15, -0.1) is 0 Å². The molecule has 2 aromatic carbocycles. The van der Waals surface area contributed by atoms with Crippen LogP contribution >= 0.6 is 0 Å². The molecule has 0 spiro atoms. The van der Waals surface area contributed by atoms with Crippen LogP contribution in [0.5, 0.6) is 11.5 Å². The van der Waals surface area contributed by atoms with Crippen molar-refractivity contribution in [1.82, 2.24) is 0 Å². The van der Waals surface area contributed by atoms with Crippen LogP contribution in [0.2, 0.25) is 0 Å². The van der Waals surface area contributed by atoms with Gasteiger partial charge in [-0.25, -0.2) is 0 Å². The number of fused-ring (bicyclic) bond motifs is 1. The minimum Gasteiger partial charge on any atom is -0.490 e. The van der Waals surface area contributed by atoms with Crippen molar-refractivity contribution in [3.63, 3.8) is 0 Å². The maximum Gasteiger partial charge on any atom is 0.161 e. The van der Waals surface area contributed by atoms with E-state index < -0.39 is 5.54 Å². The van der Waals surface area contributed by atoms with E-state index in [1.807, 2.05) is 55.5 Å². The molecule has 0 aliphatic carbocycles. The maximum absolute atomic E-state index is 6.54. The molecule has 0 amide bonds. The Balaban J connectivity index is 2.00. The predicted molar refractivity (Wildman–Crippen MR) is 79.1 cm³/mol. The van der Waals surface area contributed by atoms with Crippen molar-refractivity contribution < 1.29 is 9.47 Å². The molecule has 1 heterocycles. The highest BCUT2D eigenvalue weighted by Gasteiger charge is 2.25. The standard InChI is InChI=1S/C17H19NO2/c1-17(18,13-6-3-2-4-7-13)14-8-9-15-16(12-14)20-11-5-10-19-15/h2-4,6-9,12H,5,10-11,18H2,1H3. The maximum atomic E-state index is 6.54. The molecule has 0 saturated carbocycles. The summed E-state index contributed by atoms with van der Waals surface area (Å²) in [6.45, 7) is 3.40. The molecular formula is C17H19NO2. The topological polar surface area (TPSA) is 44.5 Å². The van der Waals surface area contributed by atoms with Crippen LogP contribution in [0.3, 0.4) is 0 Å². The van der Waals surface area contributed by atoms with Crippen molar-refractivity contribution in [3.8, 4) is 11.5 Å². The summed E-state index contributed by atoms with van der Waals surface area (Å²) in [6, 6.07) is 16.0. The first-order valence-corrected chi connectivity index (χ1v) is 6.92. The second-order valence-corrected chi connectivity index (χ2v) is 5.28. The number of hydrogen-bond donors (Lipinski definition) is 1. The van der Waals surface area contributed by atoms with E-state index in [0.29, 0.717) is 13.2 Å². The minimum absolute atomic E-state index is 0.550. The molecule has 1 unspecified atom stereocenters. The molecule has 2 aromatic rings. The van der Waals surface area contributed by atoms with Crippen molar-refractivity contribution in [1.29, 1.82) is 0 Å². The van der Waals surface area contributed by atoms with Gasteiger partial charge in [-0.1, -0.05) is 36.4 Å². The largest absolute Gasteiger partial charge is 0.490 e. The van der Waals surface area contributed by atoms with E-state index in [4.69, 9.17) is 15.2 Å². The predicted octanol–water partition coefficient (Wildman–Crippen LogP) is 3.07. The second kappa shape index (κ2) is 5.17. The van der Waals surface area contributed by atoms with Gasteiger partial charge in [0, 0.05) is 6.42 Å². The third-order valence-corrected chi connectivity index (χ3v) is 3.72. The molecule has 0 fully saturated rings. The summed E-state index contributed by atoms with van der Waals surface area (Å²) in [5, 5.41) is 0. The van der Waals surface area contributed by atoms with Crippen LogP contribution in [0.4, 0.5) is 0 Å². The van der Waals surface area contributed by atoms with Crippen LogP contribution in [-0.4, -0.2) is 13.2 Å². The lowest BCUT2D eigenvalue weighted by Crippen LogP contribution is -2.34. The molecule has 1 aliphatic heterocycles. The molecule has 1 atom stereocenters. The third-order valence-electron chi connectivity index (χ3n) is 3.72. The first kappa shape index (κ1) is 13.0. The van der Waals surface area contributed by atoms with Crippen LogP contribution in [0.25, 0.3) is 0 Å². The highest BCUT2D eigenvalue weighted by molar-refractivity contribution is 5.48. The summed E-state index contributed by atoms with van der Waals surface area (Å²) >= 11 is 0. The lowest BCUT2D eigenvalue weighted by molar-refractivity contribution is 0.297. The van der Waals surface area contributed by atoms with Gasteiger partial charge >= 0.3 is 0 Å². The smallest absolute Gasteiger partial charge is 0.161 e. The van der Waals surface area contributed by atoms with Gasteiger partial charge in [0.2, 0.25) is 0 Å². The Bertz CT molecular complexity index is 593. The molecule has 2 N–H and O–H groups in total. The zero-order chi connectivity index (χ0) is 14.0. The Kier molecular flexibility index (Phi) is 3.36. The first-order valence-electron chi connectivity index (χ1n) is 6.92. The van der Waals surface area contributed by atoms with Gasteiger partial charge in [-0.05, 0) is 30.2 Å². The monoisotopic (exact) mass is 269 g/mol. The third kappa shape index (κ3) is 2.37. The van der Waals surface area contributed by atoms with E-state index >= 15 is 0 Å². The van der Waals surface area contributed by atoms with Crippen molar-refractivity contribution in [2.24, 2.45) is 5.73 Å². The highest BCUT2D eigenvalue weighted by atomic mass is 16.5. The fourth-order valence-electron chi connectivity index (χ4n) is 2.44. The van der Waals surface area contributed by atoms with E-state index in [1.165, 1.54) is 0 Å². The SMILES string of the molecule is CC(N)(c1ccccc1)c1ccc2c(c1)OCCCO2. The van der Waals surface area contributed by atoms with Gasteiger partial charge in [-0.3, -0.25) is 0 Å². The average molecular weight is 269 g/mol. The lowest BCUT2D eigenvalue weighted by atomic mass is 9.85. The molecular weight excluding hydrogens is 250 g/mol. The summed E-state index contributed by atoms with van der Waals surface area (Å²) in [4.78, 5) is 0. The van der Waals surface area contributed by atoms with Crippen LogP contribution in [0.15, 0.2) is 48.5 Å². The van der Waals surface area contributed by atoms with Crippen LogP contribution in [-0.2, 0) is 5.54 Å². The van der Waals surface area contributed by atoms with Gasteiger partial charge in [0.25, 0.3) is 0 Å². The molecule has 0 aromatic heterocycles. The van der Waals surface area contributed by atoms with Crippen LogP contribution < -0.4 is 15.2 Å². The lowest BCUT2D eigenvalue weighted by Gasteiger charge is -2.26. The second-order valence-electron chi connectivity index (χ2n) is 5.28. The van der Waals surface area contributed by atoms with Crippen molar-refractivity contribution in [3.05, 3.63) is 59.7 Å². The summed E-state index contributed by atoms with van der Waals surface area (Å²) in [7, 11) is 0. The molecule has 3 nitrogen and oxygen atoms in total. The first-order chi connectivity index (χ1) is 9.68. The fourth-order valence-corrected chi connectivity index (χ4v) is 2.44. The normalized spacial score (nSPS) is 17.1. The van der Waals surface area contributed by atoms with Gasteiger partial charge in [0.05, 0.1) is 18.8 Å². The van der Waals surface area contributed by atoms with Gasteiger partial charge in [0.15, 0.2) is 11.5 Å². The number of benzene rings is 2. The van der Waals surface area contributed by atoms with E-state index in [1.54, 1.807) is 0 Å². The zero-order valence-electron chi connectivity index (χ0n) is 11.6. The number of ether oxygens (including phenoxy) is 2. The van der Waals surface area contributed by atoms with E-state index in [2.05, 4.69) is 0 Å². The number of nitrogens with two attached hydrogens (primary N) is 1. The molecule has 1 aliphatic rings. The molecule has 0 saturated heterocycles. The molecule has 3 heteroatoms. The Labute approximate surface area is 119 Å². The van der Waals surface area contributed by atoms with Crippen LogP contribution in [0, 0.1) is 0 Å². The van der Waals surface area contributed by atoms with Crippen molar-refractivity contribution >= 4 is 0 Å².